The fourth-order valence-corrected chi connectivity index (χ4v) is 4.34. The number of benzene rings is 2. The highest BCUT2D eigenvalue weighted by atomic mass is 32.2. The summed E-state index contributed by atoms with van der Waals surface area (Å²) in [6.07, 6.45) is 0. The molecule has 2 heterocycles. The second-order valence-electron chi connectivity index (χ2n) is 5.37. The number of hydrogen-bond donors (Lipinski definition) is 2. The lowest BCUT2D eigenvalue weighted by molar-refractivity contribution is -0.115. The topological polar surface area (TPSA) is 98.9 Å². The van der Waals surface area contributed by atoms with Crippen molar-refractivity contribution in [2.24, 2.45) is 0 Å². The first-order valence-electron chi connectivity index (χ1n) is 7.64. The van der Waals surface area contributed by atoms with Crippen molar-refractivity contribution >= 4 is 40.8 Å². The number of hydrogen-bond acceptors (Lipinski definition) is 6. The Bertz CT molecular complexity index is 1060. The molecule has 1 aromatic heterocycles. The van der Waals surface area contributed by atoms with Crippen molar-refractivity contribution in [2.75, 3.05) is 10.7 Å². The van der Waals surface area contributed by atoms with Crippen molar-refractivity contribution in [1.29, 1.82) is 0 Å². The molecule has 1 aliphatic heterocycles. The Hall–Kier alpha value is -2.78. The van der Waals surface area contributed by atoms with Gasteiger partial charge in [0.15, 0.2) is 5.03 Å². The van der Waals surface area contributed by atoms with E-state index in [2.05, 4.69) is 15.2 Å². The quantitative estimate of drug-likeness (QED) is 0.673. The normalized spacial score (nSPS) is 12.4. The maximum Gasteiger partial charge on any atom is 0.342 e. The standard InChI is InChI=1S/C17H12N4O3S2/c22-14(9-25-16-15(23)18-17(24)20-19-16)21-10-5-1-3-7-12(10)26-13-8-4-2-6-11(13)21/h1-8H,9H2,(H2,18,20,23,24). The zero-order valence-electron chi connectivity index (χ0n) is 13.3. The molecule has 3 aromatic rings. The molecule has 26 heavy (non-hydrogen) atoms. The van der Waals surface area contributed by atoms with Crippen molar-refractivity contribution in [2.45, 2.75) is 14.8 Å². The fourth-order valence-electron chi connectivity index (χ4n) is 2.60. The van der Waals surface area contributed by atoms with E-state index in [0.29, 0.717) is 0 Å². The predicted molar refractivity (Wildman–Crippen MR) is 100 cm³/mol. The second kappa shape index (κ2) is 6.85. The lowest BCUT2D eigenvalue weighted by atomic mass is 10.2. The zero-order chi connectivity index (χ0) is 18.1. The molecule has 1 amide bonds. The highest BCUT2D eigenvalue weighted by Crippen LogP contribution is 2.48. The van der Waals surface area contributed by atoms with Gasteiger partial charge < -0.3 is 0 Å². The largest absolute Gasteiger partial charge is 0.342 e. The van der Waals surface area contributed by atoms with Crippen molar-refractivity contribution in [1.82, 2.24) is 15.2 Å². The lowest BCUT2D eigenvalue weighted by Gasteiger charge is -2.30. The van der Waals surface area contributed by atoms with Gasteiger partial charge in [-0.05, 0) is 24.3 Å². The van der Waals surface area contributed by atoms with Crippen LogP contribution in [-0.2, 0) is 4.79 Å². The summed E-state index contributed by atoms with van der Waals surface area (Å²) in [5.74, 6) is -0.169. The third kappa shape index (κ3) is 3.06. The number of nitrogens with one attached hydrogen (secondary N) is 2. The molecule has 130 valence electrons. The molecule has 0 saturated heterocycles. The number of H-pyrrole nitrogens is 2. The van der Waals surface area contributed by atoms with Crippen molar-refractivity contribution < 1.29 is 4.79 Å². The van der Waals surface area contributed by atoms with E-state index in [1.54, 1.807) is 16.7 Å². The molecule has 0 radical (unpaired) electrons. The molecule has 7 nitrogen and oxygen atoms in total. The van der Waals surface area contributed by atoms with Crippen LogP contribution in [0, 0.1) is 0 Å². The number of anilines is 2. The van der Waals surface area contributed by atoms with Gasteiger partial charge in [-0.3, -0.25) is 19.5 Å². The van der Waals surface area contributed by atoms with Gasteiger partial charge in [0.05, 0.1) is 17.1 Å². The van der Waals surface area contributed by atoms with Crippen LogP contribution in [0.2, 0.25) is 0 Å². The number of carbonyl (C=O) groups is 1. The van der Waals surface area contributed by atoms with Crippen LogP contribution >= 0.6 is 23.5 Å². The Morgan fingerprint density at radius 2 is 1.65 bits per heavy atom. The second-order valence-corrected chi connectivity index (χ2v) is 7.42. The van der Waals surface area contributed by atoms with Crippen LogP contribution in [0.3, 0.4) is 0 Å². The molecular formula is C17H12N4O3S2. The summed E-state index contributed by atoms with van der Waals surface area (Å²) >= 11 is 2.60. The van der Waals surface area contributed by atoms with Gasteiger partial charge in [-0.15, -0.1) is 0 Å². The molecule has 0 saturated carbocycles. The van der Waals surface area contributed by atoms with Crippen LogP contribution in [-0.4, -0.2) is 26.8 Å². The van der Waals surface area contributed by atoms with E-state index in [4.69, 9.17) is 0 Å². The van der Waals surface area contributed by atoms with Crippen LogP contribution in [0.25, 0.3) is 0 Å². The third-order valence-electron chi connectivity index (χ3n) is 3.69. The Labute approximate surface area is 155 Å². The molecule has 0 bridgehead atoms. The highest BCUT2D eigenvalue weighted by Gasteiger charge is 2.27. The molecule has 1 aliphatic rings. The van der Waals surface area contributed by atoms with Crippen molar-refractivity contribution in [3.05, 3.63) is 69.4 Å². The van der Waals surface area contributed by atoms with Crippen molar-refractivity contribution in [3.63, 3.8) is 0 Å². The number of nitrogens with zero attached hydrogens (tertiary/aromatic N) is 2. The van der Waals surface area contributed by atoms with Gasteiger partial charge >= 0.3 is 5.69 Å². The van der Waals surface area contributed by atoms with Gasteiger partial charge in [-0.2, -0.15) is 5.10 Å². The van der Waals surface area contributed by atoms with Crippen LogP contribution in [0.4, 0.5) is 11.4 Å². The van der Waals surface area contributed by atoms with E-state index in [1.807, 2.05) is 48.5 Å². The number of fused-ring (bicyclic) bond motifs is 2. The average molecular weight is 384 g/mol. The summed E-state index contributed by atoms with van der Waals surface area (Å²) in [6, 6.07) is 15.4. The van der Waals surface area contributed by atoms with Crippen LogP contribution in [0.15, 0.2) is 72.9 Å². The number of aromatic amines is 2. The summed E-state index contributed by atoms with van der Waals surface area (Å²) in [5.41, 5.74) is 0.332. The first-order chi connectivity index (χ1) is 12.6. The van der Waals surface area contributed by atoms with Gasteiger partial charge in [0.2, 0.25) is 5.91 Å². The zero-order valence-corrected chi connectivity index (χ0v) is 14.9. The molecule has 0 fully saturated rings. The van der Waals surface area contributed by atoms with E-state index >= 15 is 0 Å². The summed E-state index contributed by atoms with van der Waals surface area (Å²) in [6.45, 7) is 0. The van der Waals surface area contributed by atoms with Crippen molar-refractivity contribution in [3.8, 4) is 0 Å². The van der Waals surface area contributed by atoms with Gasteiger partial charge in [0, 0.05) is 9.79 Å². The molecule has 2 aromatic carbocycles. The van der Waals surface area contributed by atoms with E-state index in [-0.39, 0.29) is 16.7 Å². The summed E-state index contributed by atoms with van der Waals surface area (Å²) < 4.78 is 0. The first-order valence-corrected chi connectivity index (χ1v) is 9.44. The summed E-state index contributed by atoms with van der Waals surface area (Å²) in [4.78, 5) is 41.5. The van der Waals surface area contributed by atoms with Gasteiger partial charge in [-0.1, -0.05) is 47.8 Å². The minimum absolute atomic E-state index is 0.00938. The highest BCUT2D eigenvalue weighted by molar-refractivity contribution is 8.00. The molecular weight excluding hydrogens is 372 g/mol. The van der Waals surface area contributed by atoms with Gasteiger partial charge in [0.25, 0.3) is 5.56 Å². The summed E-state index contributed by atoms with van der Waals surface area (Å²) in [5, 5.41) is 5.90. The molecule has 0 atom stereocenters. The van der Waals surface area contributed by atoms with Crippen LogP contribution < -0.4 is 16.1 Å². The summed E-state index contributed by atoms with van der Waals surface area (Å²) in [7, 11) is 0. The molecule has 0 spiro atoms. The number of amides is 1. The van der Waals surface area contributed by atoms with E-state index in [0.717, 1.165) is 32.9 Å². The maximum absolute atomic E-state index is 13.0. The van der Waals surface area contributed by atoms with Crippen LogP contribution in [0.5, 0.6) is 0 Å². The minimum Gasteiger partial charge on any atom is -0.278 e. The number of rotatable bonds is 3. The Balaban J connectivity index is 1.65. The Morgan fingerprint density at radius 1 is 1.04 bits per heavy atom. The molecule has 2 N–H and O–H groups in total. The monoisotopic (exact) mass is 384 g/mol. The predicted octanol–water partition coefficient (Wildman–Crippen LogP) is 2.38. The van der Waals surface area contributed by atoms with Crippen LogP contribution in [0.1, 0.15) is 0 Å². The van der Waals surface area contributed by atoms with E-state index < -0.39 is 11.2 Å². The molecule has 0 aliphatic carbocycles. The fraction of sp³-hybridized carbons (Fsp3) is 0.0588. The Morgan fingerprint density at radius 3 is 2.27 bits per heavy atom. The molecule has 0 unspecified atom stereocenters. The van der Waals surface area contributed by atoms with Gasteiger partial charge in [0.1, 0.15) is 0 Å². The maximum atomic E-state index is 13.0. The number of aromatic nitrogens is 3. The molecule has 9 heteroatoms. The number of carbonyl (C=O) groups excluding carboxylic acids is 1. The third-order valence-corrected chi connectivity index (χ3v) is 5.77. The first kappa shape index (κ1) is 16.7. The lowest BCUT2D eigenvalue weighted by Crippen LogP contribution is -2.31. The molecule has 4 rings (SSSR count). The van der Waals surface area contributed by atoms with E-state index in [1.165, 1.54) is 0 Å². The number of thioether (sulfide) groups is 1. The minimum atomic E-state index is -0.679. The Kier molecular flexibility index (Phi) is 4.39. The SMILES string of the molecule is O=C(CSc1n[nH]c(=O)[nH]c1=O)N1c2ccccc2Sc2ccccc21. The smallest absolute Gasteiger partial charge is 0.278 e. The number of para-hydroxylation sites is 2. The average Bonchev–Trinajstić information content (AvgIpc) is 2.65. The van der Waals surface area contributed by atoms with Gasteiger partial charge in [-0.25, -0.2) is 9.89 Å². The van der Waals surface area contributed by atoms with E-state index in [9.17, 15) is 14.4 Å².